The van der Waals surface area contributed by atoms with E-state index >= 15 is 0 Å². The highest BCUT2D eigenvalue weighted by Crippen LogP contribution is 2.40. The highest BCUT2D eigenvalue weighted by Gasteiger charge is 2.45. The van der Waals surface area contributed by atoms with E-state index in [-0.39, 0.29) is 40.9 Å². The van der Waals surface area contributed by atoms with Gasteiger partial charge in [-0.05, 0) is 64.7 Å². The maximum absolute atomic E-state index is 13.3. The van der Waals surface area contributed by atoms with Crippen molar-refractivity contribution in [3.05, 3.63) is 0 Å². The second-order valence-electron chi connectivity index (χ2n) is 10.5. The van der Waals surface area contributed by atoms with Crippen LogP contribution in [0.4, 0.5) is 0 Å². The summed E-state index contributed by atoms with van der Waals surface area (Å²) in [5.74, 6) is 1.22. The maximum atomic E-state index is 13.3. The summed E-state index contributed by atoms with van der Waals surface area (Å²) in [7, 11) is -2.54. The van der Waals surface area contributed by atoms with Crippen LogP contribution in [0.1, 0.15) is 65.7 Å². The number of carbonyl (C=O) groups is 2. The third-order valence-electron chi connectivity index (χ3n) is 7.34. The Morgan fingerprint density at radius 2 is 1.73 bits per heavy atom. The SMILES string of the molecule is CC1CC1C(=O)NC1CCOC2(CCS(=O)(=NC(=O)C3CCOC(C)(C)C3)CC2)C1. The smallest absolute Gasteiger partial charge is 0.257 e. The lowest BCUT2D eigenvalue weighted by atomic mass is 9.85. The molecule has 170 valence electrons. The molecule has 8 heteroatoms. The first-order chi connectivity index (χ1) is 14.1. The fraction of sp³-hybridized carbons (Fsp3) is 0.909. The van der Waals surface area contributed by atoms with Crippen molar-refractivity contribution in [3.63, 3.8) is 0 Å². The molecule has 7 nitrogen and oxygen atoms in total. The number of nitrogens with zero attached hydrogens (tertiary/aromatic N) is 1. The zero-order chi connectivity index (χ0) is 21.6. The van der Waals surface area contributed by atoms with Crippen LogP contribution in [-0.4, -0.2) is 58.0 Å². The van der Waals surface area contributed by atoms with Crippen LogP contribution in [0, 0.1) is 17.8 Å². The van der Waals surface area contributed by atoms with Gasteiger partial charge in [-0.15, -0.1) is 0 Å². The van der Waals surface area contributed by atoms with E-state index in [1.165, 1.54) is 0 Å². The van der Waals surface area contributed by atoms with Gasteiger partial charge in [0.05, 0.1) is 20.9 Å². The van der Waals surface area contributed by atoms with Gasteiger partial charge >= 0.3 is 0 Å². The van der Waals surface area contributed by atoms with Crippen molar-refractivity contribution in [2.45, 2.75) is 83.0 Å². The number of ether oxygens (including phenoxy) is 2. The van der Waals surface area contributed by atoms with Gasteiger partial charge in [-0.2, -0.15) is 4.36 Å². The van der Waals surface area contributed by atoms with E-state index in [9.17, 15) is 13.8 Å². The van der Waals surface area contributed by atoms with E-state index in [0.717, 1.165) is 19.3 Å². The number of amides is 2. The van der Waals surface area contributed by atoms with Crippen molar-refractivity contribution in [1.82, 2.24) is 5.32 Å². The molecule has 0 aromatic carbocycles. The minimum absolute atomic E-state index is 0.122. The van der Waals surface area contributed by atoms with Crippen molar-refractivity contribution < 1.29 is 23.3 Å². The highest BCUT2D eigenvalue weighted by molar-refractivity contribution is 7.93. The van der Waals surface area contributed by atoms with Crippen LogP contribution in [0.15, 0.2) is 4.36 Å². The van der Waals surface area contributed by atoms with Gasteiger partial charge in [-0.3, -0.25) is 9.59 Å². The van der Waals surface area contributed by atoms with Gasteiger partial charge in [-0.1, -0.05) is 6.92 Å². The molecule has 1 saturated carbocycles. The number of rotatable bonds is 3. The first-order valence-electron chi connectivity index (χ1n) is 11.4. The quantitative estimate of drug-likeness (QED) is 0.728. The van der Waals surface area contributed by atoms with Crippen molar-refractivity contribution in [2.24, 2.45) is 22.1 Å². The molecule has 0 radical (unpaired) electrons. The molecule has 1 N–H and O–H groups in total. The highest BCUT2D eigenvalue weighted by atomic mass is 32.2. The number of nitrogens with one attached hydrogen (secondary N) is 1. The molecule has 4 aliphatic rings. The third-order valence-corrected chi connectivity index (χ3v) is 9.54. The van der Waals surface area contributed by atoms with Crippen LogP contribution in [0.5, 0.6) is 0 Å². The minimum atomic E-state index is -2.54. The average molecular weight is 441 g/mol. The average Bonchev–Trinajstić information content (AvgIpc) is 3.41. The molecule has 4 rings (SSSR count). The fourth-order valence-corrected chi connectivity index (χ4v) is 7.43. The van der Waals surface area contributed by atoms with Gasteiger partial charge in [0, 0.05) is 42.6 Å². The first kappa shape index (κ1) is 22.2. The Kier molecular flexibility index (Phi) is 6.05. The molecule has 30 heavy (non-hydrogen) atoms. The molecule has 4 atom stereocenters. The van der Waals surface area contributed by atoms with Gasteiger partial charge in [0.2, 0.25) is 5.91 Å². The second kappa shape index (κ2) is 8.17. The lowest BCUT2D eigenvalue weighted by molar-refractivity contribution is -0.131. The molecular formula is C22H36N2O5S. The predicted octanol–water partition coefficient (Wildman–Crippen LogP) is 2.67. The largest absolute Gasteiger partial charge is 0.376 e. The Labute approximate surface area is 180 Å². The summed E-state index contributed by atoms with van der Waals surface area (Å²) in [6.07, 6.45) is 5.11. The van der Waals surface area contributed by atoms with Crippen LogP contribution < -0.4 is 5.32 Å². The zero-order valence-electron chi connectivity index (χ0n) is 18.5. The molecule has 3 heterocycles. The molecule has 2 amide bonds. The lowest BCUT2D eigenvalue weighted by Gasteiger charge is -2.44. The summed E-state index contributed by atoms with van der Waals surface area (Å²) in [4.78, 5) is 25.0. The second-order valence-corrected chi connectivity index (χ2v) is 13.0. The summed E-state index contributed by atoms with van der Waals surface area (Å²) in [5.41, 5.74) is -0.671. The van der Waals surface area contributed by atoms with Crippen molar-refractivity contribution in [1.29, 1.82) is 0 Å². The normalized spacial score (nSPS) is 43.0. The predicted molar refractivity (Wildman–Crippen MR) is 114 cm³/mol. The molecule has 4 fully saturated rings. The molecule has 4 unspecified atom stereocenters. The lowest BCUT2D eigenvalue weighted by Crippen LogP contribution is -2.52. The van der Waals surface area contributed by atoms with Gasteiger partial charge in [-0.25, -0.2) is 4.21 Å². The van der Waals surface area contributed by atoms with E-state index in [4.69, 9.17) is 9.47 Å². The van der Waals surface area contributed by atoms with Crippen LogP contribution in [0.2, 0.25) is 0 Å². The zero-order valence-corrected chi connectivity index (χ0v) is 19.3. The number of hydrogen-bond donors (Lipinski definition) is 1. The summed E-state index contributed by atoms with van der Waals surface area (Å²) in [6, 6.07) is 0.122. The van der Waals surface area contributed by atoms with E-state index in [2.05, 4.69) is 16.6 Å². The Hall–Kier alpha value is -0.990. The number of hydrogen-bond acceptors (Lipinski definition) is 5. The van der Waals surface area contributed by atoms with E-state index in [1.807, 2.05) is 13.8 Å². The Morgan fingerprint density at radius 1 is 1.07 bits per heavy atom. The van der Waals surface area contributed by atoms with Gasteiger partial charge in [0.25, 0.3) is 5.91 Å². The Bertz CT molecular complexity index is 802. The van der Waals surface area contributed by atoms with E-state index in [0.29, 0.717) is 56.3 Å². The third kappa shape index (κ3) is 5.07. The van der Waals surface area contributed by atoms with E-state index < -0.39 is 9.73 Å². The Morgan fingerprint density at radius 3 is 2.37 bits per heavy atom. The van der Waals surface area contributed by atoms with Gasteiger partial charge in [0.15, 0.2) is 0 Å². The van der Waals surface area contributed by atoms with Crippen LogP contribution in [0.3, 0.4) is 0 Å². The molecule has 3 saturated heterocycles. The van der Waals surface area contributed by atoms with Crippen molar-refractivity contribution in [3.8, 4) is 0 Å². The van der Waals surface area contributed by atoms with Crippen LogP contribution in [0.25, 0.3) is 0 Å². The minimum Gasteiger partial charge on any atom is -0.376 e. The van der Waals surface area contributed by atoms with Crippen molar-refractivity contribution in [2.75, 3.05) is 24.7 Å². The molecule has 3 aliphatic heterocycles. The van der Waals surface area contributed by atoms with Crippen LogP contribution in [-0.2, 0) is 28.8 Å². The molecule has 0 aromatic heterocycles. The molecule has 0 bridgehead atoms. The summed E-state index contributed by atoms with van der Waals surface area (Å²) >= 11 is 0. The standard InChI is InChI=1S/C22H36N2O5S/c1-15-12-18(15)20(26)23-17-5-9-29-22(14-17)6-10-30(27,11-7-22)24-19(25)16-4-8-28-21(2,3)13-16/h15-18H,4-14H2,1-3H3,(H,23,26). The number of carbonyl (C=O) groups excluding carboxylic acids is 2. The molecule has 1 aliphatic carbocycles. The maximum Gasteiger partial charge on any atom is 0.257 e. The first-order valence-corrected chi connectivity index (χ1v) is 13.3. The van der Waals surface area contributed by atoms with Gasteiger partial charge < -0.3 is 14.8 Å². The monoisotopic (exact) mass is 440 g/mol. The summed E-state index contributed by atoms with van der Waals surface area (Å²) < 4.78 is 29.4. The summed E-state index contributed by atoms with van der Waals surface area (Å²) in [5, 5.41) is 3.21. The van der Waals surface area contributed by atoms with E-state index in [1.54, 1.807) is 0 Å². The molecule has 0 aromatic rings. The Balaban J connectivity index is 1.35. The summed E-state index contributed by atoms with van der Waals surface area (Å²) in [6.45, 7) is 7.23. The molecule has 1 spiro atoms. The van der Waals surface area contributed by atoms with Gasteiger partial charge in [0.1, 0.15) is 0 Å². The fourth-order valence-electron chi connectivity index (χ4n) is 5.19. The van der Waals surface area contributed by atoms with Crippen LogP contribution >= 0.6 is 0 Å². The topological polar surface area (TPSA) is 94.1 Å². The molecular weight excluding hydrogens is 404 g/mol. The van der Waals surface area contributed by atoms with Crippen molar-refractivity contribution >= 4 is 21.5 Å².